The van der Waals surface area contributed by atoms with E-state index in [1.165, 1.54) is 0 Å². The molecule has 0 N–H and O–H groups in total. The van der Waals surface area contributed by atoms with Crippen molar-refractivity contribution in [3.8, 4) is 0 Å². The number of aryl methyl sites for hydroxylation is 1. The molecular formula is C19H22N4O. The van der Waals surface area contributed by atoms with Crippen LogP contribution in [-0.4, -0.2) is 47.6 Å². The molecule has 1 aliphatic rings. The van der Waals surface area contributed by atoms with Crippen LogP contribution in [0.4, 0.5) is 5.82 Å². The van der Waals surface area contributed by atoms with Crippen molar-refractivity contribution in [3.63, 3.8) is 0 Å². The largest absolute Gasteiger partial charge is 0.469 e. The highest BCUT2D eigenvalue weighted by molar-refractivity contribution is 5.89. The molecule has 1 aliphatic heterocycles. The van der Waals surface area contributed by atoms with Gasteiger partial charge in [-0.25, -0.2) is 9.97 Å². The number of anilines is 1. The van der Waals surface area contributed by atoms with Gasteiger partial charge in [-0.15, -0.1) is 0 Å². The van der Waals surface area contributed by atoms with Crippen LogP contribution >= 0.6 is 0 Å². The minimum absolute atomic E-state index is 1.02. The molecule has 0 radical (unpaired) electrons. The molecule has 0 aliphatic carbocycles. The zero-order valence-corrected chi connectivity index (χ0v) is 13.8. The van der Waals surface area contributed by atoms with E-state index >= 15 is 0 Å². The van der Waals surface area contributed by atoms with Gasteiger partial charge in [-0.05, 0) is 37.2 Å². The summed E-state index contributed by atoms with van der Waals surface area (Å²) in [5.41, 5.74) is 1.02. The Morgan fingerprint density at radius 3 is 2.67 bits per heavy atom. The predicted octanol–water partition coefficient (Wildman–Crippen LogP) is 2.98. The van der Waals surface area contributed by atoms with Crippen LogP contribution in [0.5, 0.6) is 0 Å². The lowest BCUT2D eigenvalue weighted by atomic mass is 10.2. The van der Waals surface area contributed by atoms with Crippen LogP contribution in [0.2, 0.25) is 0 Å². The van der Waals surface area contributed by atoms with Crippen molar-refractivity contribution in [1.82, 2.24) is 14.9 Å². The molecule has 124 valence electrons. The molecule has 5 nitrogen and oxygen atoms in total. The summed E-state index contributed by atoms with van der Waals surface area (Å²) in [4.78, 5) is 13.8. The maximum atomic E-state index is 5.40. The first-order chi connectivity index (χ1) is 11.9. The van der Waals surface area contributed by atoms with Gasteiger partial charge in [0, 0.05) is 38.0 Å². The molecule has 2 aromatic heterocycles. The Bertz CT molecular complexity index is 774. The summed E-state index contributed by atoms with van der Waals surface area (Å²) in [6.07, 6.45) is 5.58. The Hall–Kier alpha value is -2.40. The van der Waals surface area contributed by atoms with E-state index in [4.69, 9.17) is 4.42 Å². The maximum Gasteiger partial charge on any atom is 0.139 e. The molecule has 1 fully saturated rings. The standard InChI is InChI=1S/C19H22N4O/c1-2-8-18-17(7-1)19(21-15-20-18)23-12-10-22(11-13-23)9-3-5-16-6-4-14-24-16/h1-2,4,6-8,14-15H,3,5,9-13H2. The van der Waals surface area contributed by atoms with Crippen LogP contribution < -0.4 is 4.90 Å². The van der Waals surface area contributed by atoms with Crippen molar-refractivity contribution in [1.29, 1.82) is 0 Å². The quantitative estimate of drug-likeness (QED) is 0.722. The van der Waals surface area contributed by atoms with Crippen LogP contribution in [0, 0.1) is 0 Å². The fraction of sp³-hybridized carbons (Fsp3) is 0.368. The number of hydrogen-bond donors (Lipinski definition) is 0. The number of furan rings is 1. The minimum atomic E-state index is 1.02. The van der Waals surface area contributed by atoms with E-state index in [-0.39, 0.29) is 0 Å². The van der Waals surface area contributed by atoms with Gasteiger partial charge in [0.05, 0.1) is 11.8 Å². The number of hydrogen-bond acceptors (Lipinski definition) is 5. The average Bonchev–Trinajstić information content (AvgIpc) is 3.15. The maximum absolute atomic E-state index is 5.40. The summed E-state index contributed by atoms with van der Waals surface area (Å²) in [6.45, 7) is 5.32. The summed E-state index contributed by atoms with van der Waals surface area (Å²) in [5.74, 6) is 2.15. The second kappa shape index (κ2) is 7.01. The van der Waals surface area contributed by atoms with Crippen molar-refractivity contribution >= 4 is 16.7 Å². The Kier molecular flexibility index (Phi) is 4.42. The van der Waals surface area contributed by atoms with Gasteiger partial charge in [-0.2, -0.15) is 0 Å². The summed E-state index contributed by atoms with van der Waals surface area (Å²) in [6, 6.07) is 12.3. The molecule has 0 bridgehead atoms. The van der Waals surface area contributed by atoms with Gasteiger partial charge in [0.1, 0.15) is 17.9 Å². The molecule has 1 saturated heterocycles. The van der Waals surface area contributed by atoms with Crippen LogP contribution in [0.1, 0.15) is 12.2 Å². The summed E-state index contributed by atoms with van der Waals surface area (Å²) in [5, 5.41) is 1.14. The Balaban J connectivity index is 1.34. The Labute approximate surface area is 141 Å². The molecule has 0 saturated carbocycles. The molecule has 4 rings (SSSR count). The Morgan fingerprint density at radius 2 is 1.83 bits per heavy atom. The number of fused-ring (bicyclic) bond motifs is 1. The second-order valence-electron chi connectivity index (χ2n) is 6.23. The summed E-state index contributed by atoms with van der Waals surface area (Å²) >= 11 is 0. The molecule has 0 atom stereocenters. The molecule has 0 spiro atoms. The fourth-order valence-corrected chi connectivity index (χ4v) is 3.36. The van der Waals surface area contributed by atoms with Crippen LogP contribution in [0.15, 0.2) is 53.4 Å². The molecule has 0 amide bonds. The van der Waals surface area contributed by atoms with Gasteiger partial charge in [0.15, 0.2) is 0 Å². The number of nitrogens with zero attached hydrogens (tertiary/aromatic N) is 4. The molecule has 3 aromatic rings. The normalized spacial score (nSPS) is 15.9. The van der Waals surface area contributed by atoms with Crippen LogP contribution in [0.3, 0.4) is 0 Å². The topological polar surface area (TPSA) is 45.4 Å². The van der Waals surface area contributed by atoms with Gasteiger partial charge < -0.3 is 9.32 Å². The Morgan fingerprint density at radius 1 is 0.958 bits per heavy atom. The third kappa shape index (κ3) is 3.26. The monoisotopic (exact) mass is 322 g/mol. The molecule has 5 heteroatoms. The van der Waals surface area contributed by atoms with Crippen molar-refractivity contribution in [2.45, 2.75) is 12.8 Å². The lowest BCUT2D eigenvalue weighted by Crippen LogP contribution is -2.47. The molecule has 3 heterocycles. The zero-order valence-electron chi connectivity index (χ0n) is 13.8. The van der Waals surface area contributed by atoms with E-state index in [9.17, 15) is 0 Å². The third-order valence-corrected chi connectivity index (χ3v) is 4.67. The number of piperazine rings is 1. The van der Waals surface area contributed by atoms with Crippen molar-refractivity contribution in [3.05, 3.63) is 54.7 Å². The highest BCUT2D eigenvalue weighted by Crippen LogP contribution is 2.23. The molecular weight excluding hydrogens is 300 g/mol. The van der Waals surface area contributed by atoms with Crippen molar-refractivity contribution < 1.29 is 4.42 Å². The van der Waals surface area contributed by atoms with Crippen LogP contribution in [0.25, 0.3) is 10.9 Å². The lowest BCUT2D eigenvalue weighted by molar-refractivity contribution is 0.253. The van der Waals surface area contributed by atoms with E-state index in [0.717, 1.165) is 68.0 Å². The second-order valence-corrected chi connectivity index (χ2v) is 6.23. The van der Waals surface area contributed by atoms with E-state index in [2.05, 4.69) is 38.0 Å². The number of rotatable bonds is 5. The van der Waals surface area contributed by atoms with Gasteiger partial charge in [-0.1, -0.05) is 12.1 Å². The number of para-hydroxylation sites is 1. The zero-order chi connectivity index (χ0) is 16.2. The average molecular weight is 322 g/mol. The van der Waals surface area contributed by atoms with Crippen molar-refractivity contribution in [2.75, 3.05) is 37.6 Å². The third-order valence-electron chi connectivity index (χ3n) is 4.67. The number of aromatic nitrogens is 2. The summed E-state index contributed by atoms with van der Waals surface area (Å²) < 4.78 is 5.40. The van der Waals surface area contributed by atoms with Crippen LogP contribution in [-0.2, 0) is 6.42 Å². The molecule has 1 aromatic carbocycles. The fourth-order valence-electron chi connectivity index (χ4n) is 3.36. The highest BCUT2D eigenvalue weighted by Gasteiger charge is 2.19. The van der Waals surface area contributed by atoms with E-state index in [0.29, 0.717) is 0 Å². The first-order valence-electron chi connectivity index (χ1n) is 8.59. The molecule has 0 unspecified atom stereocenters. The smallest absolute Gasteiger partial charge is 0.139 e. The van der Waals surface area contributed by atoms with Crippen molar-refractivity contribution in [2.24, 2.45) is 0 Å². The molecule has 24 heavy (non-hydrogen) atoms. The van der Waals surface area contributed by atoms with Gasteiger partial charge in [0.2, 0.25) is 0 Å². The summed E-state index contributed by atoms with van der Waals surface area (Å²) in [7, 11) is 0. The van der Waals surface area contributed by atoms with E-state index in [1.54, 1.807) is 12.6 Å². The van der Waals surface area contributed by atoms with E-state index in [1.807, 2.05) is 18.2 Å². The SMILES string of the molecule is c1coc(CCCN2CCN(c3ncnc4ccccc34)CC2)c1. The highest BCUT2D eigenvalue weighted by atomic mass is 16.3. The lowest BCUT2D eigenvalue weighted by Gasteiger charge is -2.35. The minimum Gasteiger partial charge on any atom is -0.469 e. The predicted molar refractivity (Wildman–Crippen MR) is 95.2 cm³/mol. The van der Waals surface area contributed by atoms with Gasteiger partial charge >= 0.3 is 0 Å². The number of benzene rings is 1. The first kappa shape index (κ1) is 15.1. The van der Waals surface area contributed by atoms with E-state index < -0.39 is 0 Å². The van der Waals surface area contributed by atoms with Gasteiger partial charge in [-0.3, -0.25) is 4.90 Å². The first-order valence-corrected chi connectivity index (χ1v) is 8.59. The van der Waals surface area contributed by atoms with Gasteiger partial charge in [0.25, 0.3) is 0 Å².